The largest absolute Gasteiger partial charge is 0.340 e. The number of hydrogen-bond acceptors (Lipinski definition) is 5. The molecule has 0 bridgehead atoms. The van der Waals surface area contributed by atoms with Gasteiger partial charge in [-0.3, -0.25) is 9.69 Å². The number of carbonyl (C=O) groups excluding carboxylic acids is 1. The number of tetrazole rings is 1. The third-order valence-electron chi connectivity index (χ3n) is 5.54. The molecule has 0 N–H and O–H groups in total. The van der Waals surface area contributed by atoms with Crippen molar-refractivity contribution in [3.8, 4) is 5.69 Å². The zero-order chi connectivity index (χ0) is 20.9. The topological polar surface area (TPSA) is 67.2 Å². The van der Waals surface area contributed by atoms with E-state index in [0.717, 1.165) is 25.1 Å². The van der Waals surface area contributed by atoms with Crippen LogP contribution in [-0.4, -0.2) is 62.1 Å². The van der Waals surface area contributed by atoms with Crippen LogP contribution in [-0.2, 0) is 11.3 Å². The molecule has 0 unspecified atom stereocenters. The van der Waals surface area contributed by atoms with E-state index in [1.54, 1.807) is 16.8 Å². The highest BCUT2D eigenvalue weighted by Gasteiger charge is 2.28. The van der Waals surface area contributed by atoms with Crippen molar-refractivity contribution in [3.63, 3.8) is 0 Å². The van der Waals surface area contributed by atoms with E-state index >= 15 is 0 Å². The number of benzene rings is 2. The summed E-state index contributed by atoms with van der Waals surface area (Å²) < 4.78 is 15.1. The smallest absolute Gasteiger partial charge is 0.230 e. The van der Waals surface area contributed by atoms with Gasteiger partial charge < -0.3 is 4.90 Å². The Bertz CT molecular complexity index is 984. The molecule has 0 radical (unpaired) electrons. The van der Waals surface area contributed by atoms with Crippen molar-refractivity contribution in [2.24, 2.45) is 0 Å². The van der Waals surface area contributed by atoms with Crippen molar-refractivity contribution in [2.45, 2.75) is 25.8 Å². The van der Waals surface area contributed by atoms with Gasteiger partial charge in [-0.2, -0.15) is 4.68 Å². The molecule has 1 aliphatic heterocycles. The molecule has 1 atom stereocenters. The van der Waals surface area contributed by atoms with Crippen molar-refractivity contribution in [1.82, 2.24) is 30.0 Å². The molecule has 1 aliphatic rings. The number of aromatic nitrogens is 4. The number of hydrogen-bond donors (Lipinski definition) is 0. The van der Waals surface area contributed by atoms with Crippen LogP contribution in [0.5, 0.6) is 0 Å². The number of nitrogens with zero attached hydrogens (tertiary/aromatic N) is 6. The minimum absolute atomic E-state index is 0.0991. The van der Waals surface area contributed by atoms with E-state index in [-0.39, 0.29) is 17.6 Å². The summed E-state index contributed by atoms with van der Waals surface area (Å²) >= 11 is 0. The first-order valence-corrected chi connectivity index (χ1v) is 10.2. The van der Waals surface area contributed by atoms with Crippen molar-refractivity contribution in [3.05, 3.63) is 71.8 Å². The fourth-order valence-corrected chi connectivity index (χ4v) is 3.90. The lowest BCUT2D eigenvalue weighted by Gasteiger charge is -2.36. The molecule has 4 rings (SSSR count). The zero-order valence-corrected chi connectivity index (χ0v) is 17.0. The Morgan fingerprint density at radius 1 is 1.07 bits per heavy atom. The molecular weight excluding hydrogens is 383 g/mol. The molecule has 8 heteroatoms. The van der Waals surface area contributed by atoms with Crippen LogP contribution in [0.25, 0.3) is 5.69 Å². The van der Waals surface area contributed by atoms with Crippen LogP contribution in [0.1, 0.15) is 30.7 Å². The van der Waals surface area contributed by atoms with Crippen LogP contribution in [0.2, 0.25) is 0 Å². The molecule has 1 aromatic heterocycles. The van der Waals surface area contributed by atoms with Gasteiger partial charge in [0.25, 0.3) is 0 Å². The minimum Gasteiger partial charge on any atom is -0.340 e. The normalized spacial score (nSPS) is 15.9. The summed E-state index contributed by atoms with van der Waals surface area (Å²) in [5.74, 6) is 0.409. The predicted octanol–water partition coefficient (Wildman–Crippen LogP) is 2.64. The number of amides is 1. The minimum atomic E-state index is -0.329. The van der Waals surface area contributed by atoms with E-state index in [4.69, 9.17) is 0 Å². The maximum Gasteiger partial charge on any atom is 0.230 e. The summed E-state index contributed by atoms with van der Waals surface area (Å²) in [6, 6.07) is 16.2. The Balaban J connectivity index is 1.38. The molecule has 0 spiro atoms. The lowest BCUT2D eigenvalue weighted by atomic mass is 9.95. The second kappa shape index (κ2) is 9.13. The van der Waals surface area contributed by atoms with Gasteiger partial charge in [-0.1, -0.05) is 43.3 Å². The van der Waals surface area contributed by atoms with Gasteiger partial charge in [-0.15, -0.1) is 5.10 Å². The second-order valence-corrected chi connectivity index (χ2v) is 7.46. The maximum atomic E-state index is 13.6. The molecule has 2 aromatic carbocycles. The van der Waals surface area contributed by atoms with Gasteiger partial charge in [0.05, 0.1) is 18.2 Å². The highest BCUT2D eigenvalue weighted by Crippen LogP contribution is 2.23. The van der Waals surface area contributed by atoms with E-state index in [1.807, 2.05) is 35.2 Å². The van der Waals surface area contributed by atoms with Crippen LogP contribution in [0.15, 0.2) is 54.6 Å². The van der Waals surface area contributed by atoms with Gasteiger partial charge in [0, 0.05) is 26.2 Å². The Hall–Kier alpha value is -3.13. The van der Waals surface area contributed by atoms with Crippen molar-refractivity contribution >= 4 is 5.91 Å². The first-order valence-electron chi connectivity index (χ1n) is 10.2. The van der Waals surface area contributed by atoms with Crippen molar-refractivity contribution in [2.75, 3.05) is 26.2 Å². The van der Waals surface area contributed by atoms with Gasteiger partial charge >= 0.3 is 0 Å². The second-order valence-electron chi connectivity index (χ2n) is 7.46. The molecular formula is C22H25FN6O. The van der Waals surface area contributed by atoms with E-state index in [0.29, 0.717) is 31.1 Å². The summed E-state index contributed by atoms with van der Waals surface area (Å²) in [6.45, 7) is 5.42. The number of halogens is 1. The highest BCUT2D eigenvalue weighted by molar-refractivity contribution is 5.83. The van der Waals surface area contributed by atoms with Crippen LogP contribution >= 0.6 is 0 Å². The molecule has 7 nitrogen and oxygen atoms in total. The lowest BCUT2D eigenvalue weighted by molar-refractivity contribution is -0.134. The summed E-state index contributed by atoms with van der Waals surface area (Å²) in [4.78, 5) is 17.2. The third kappa shape index (κ3) is 4.38. The fraction of sp³-hybridized carbons (Fsp3) is 0.364. The van der Waals surface area contributed by atoms with Crippen LogP contribution in [0.3, 0.4) is 0 Å². The zero-order valence-electron chi connectivity index (χ0n) is 17.0. The van der Waals surface area contributed by atoms with Crippen LogP contribution < -0.4 is 0 Å². The van der Waals surface area contributed by atoms with E-state index in [2.05, 4.69) is 27.3 Å². The van der Waals surface area contributed by atoms with E-state index in [9.17, 15) is 9.18 Å². The van der Waals surface area contributed by atoms with Gasteiger partial charge in [0.2, 0.25) is 5.91 Å². The van der Waals surface area contributed by atoms with Gasteiger partial charge in [0.15, 0.2) is 5.82 Å². The Labute approximate surface area is 175 Å². The summed E-state index contributed by atoms with van der Waals surface area (Å²) in [5, 5.41) is 11.9. The summed E-state index contributed by atoms with van der Waals surface area (Å²) in [6.07, 6.45) is 0.783. The molecule has 1 saturated heterocycles. The average molecular weight is 408 g/mol. The average Bonchev–Trinajstić information content (AvgIpc) is 3.23. The number of piperazine rings is 1. The molecule has 2 heterocycles. The van der Waals surface area contributed by atoms with Crippen LogP contribution in [0.4, 0.5) is 4.39 Å². The monoisotopic (exact) mass is 408 g/mol. The highest BCUT2D eigenvalue weighted by atomic mass is 19.1. The summed E-state index contributed by atoms with van der Waals surface area (Å²) in [5.41, 5.74) is 1.67. The molecule has 3 aromatic rings. The predicted molar refractivity (Wildman–Crippen MR) is 110 cm³/mol. The number of rotatable bonds is 6. The van der Waals surface area contributed by atoms with Gasteiger partial charge in [-0.05, 0) is 40.6 Å². The Morgan fingerprint density at radius 2 is 1.83 bits per heavy atom. The van der Waals surface area contributed by atoms with Crippen molar-refractivity contribution < 1.29 is 9.18 Å². The molecule has 1 fully saturated rings. The Kier molecular flexibility index (Phi) is 6.13. The van der Waals surface area contributed by atoms with Crippen molar-refractivity contribution in [1.29, 1.82) is 0 Å². The molecule has 156 valence electrons. The van der Waals surface area contributed by atoms with Gasteiger partial charge in [0.1, 0.15) is 5.82 Å². The quantitative estimate of drug-likeness (QED) is 0.627. The van der Waals surface area contributed by atoms with E-state index in [1.165, 1.54) is 12.1 Å². The van der Waals surface area contributed by atoms with Gasteiger partial charge in [-0.25, -0.2) is 4.39 Å². The standard InChI is InChI=1S/C22H25FN6O/c1-2-20(17-7-4-3-5-8-17)22(30)28-13-11-27(12-14-28)16-21-24-25-26-29(21)19-10-6-9-18(23)15-19/h3-10,15,20H,2,11-14,16H2,1H3/t20-/m1/s1. The van der Waals surface area contributed by atoms with Crippen LogP contribution in [0, 0.1) is 5.82 Å². The lowest BCUT2D eigenvalue weighted by Crippen LogP contribution is -2.49. The SMILES string of the molecule is CC[C@@H](C(=O)N1CCN(Cc2nnnn2-c2cccc(F)c2)CC1)c1ccccc1. The molecule has 0 aliphatic carbocycles. The maximum absolute atomic E-state index is 13.6. The summed E-state index contributed by atoms with van der Waals surface area (Å²) in [7, 11) is 0. The number of carbonyl (C=O) groups is 1. The molecule has 1 amide bonds. The fourth-order valence-electron chi connectivity index (χ4n) is 3.90. The van der Waals surface area contributed by atoms with E-state index < -0.39 is 0 Å². The third-order valence-corrected chi connectivity index (χ3v) is 5.54. The Morgan fingerprint density at radius 3 is 2.53 bits per heavy atom. The molecule has 0 saturated carbocycles. The first kappa shape index (κ1) is 20.2. The molecule has 30 heavy (non-hydrogen) atoms. The first-order chi connectivity index (χ1) is 14.7.